The molecule has 14 heteroatoms. The molecule has 264 valence electrons. The first-order chi connectivity index (χ1) is 23.7. The molecule has 0 radical (unpaired) electrons. The van der Waals surface area contributed by atoms with Crippen molar-refractivity contribution in [3.05, 3.63) is 129 Å². The fourth-order valence-electron chi connectivity index (χ4n) is 5.87. The highest BCUT2D eigenvalue weighted by atomic mass is 35.5. The molecular weight excluding hydrogens is 734 g/mol. The highest BCUT2D eigenvalue weighted by Crippen LogP contribution is 2.37. The van der Waals surface area contributed by atoms with Gasteiger partial charge in [0, 0.05) is 19.0 Å². The topological polar surface area (TPSA) is 86.8 Å². The van der Waals surface area contributed by atoms with E-state index in [2.05, 4.69) is 5.32 Å². The van der Waals surface area contributed by atoms with Crippen LogP contribution < -0.4 is 9.62 Å². The van der Waals surface area contributed by atoms with Crippen LogP contribution in [0.3, 0.4) is 0 Å². The van der Waals surface area contributed by atoms with Gasteiger partial charge in [0.15, 0.2) is 0 Å². The lowest BCUT2D eigenvalue weighted by atomic mass is 10.0. The zero-order chi connectivity index (χ0) is 36.1. The van der Waals surface area contributed by atoms with Crippen molar-refractivity contribution in [3.63, 3.8) is 0 Å². The van der Waals surface area contributed by atoms with Gasteiger partial charge in [0.1, 0.15) is 12.6 Å². The van der Waals surface area contributed by atoms with Gasteiger partial charge in [0.05, 0.1) is 31.2 Å². The molecule has 1 N–H and O–H groups in total. The third-order valence-electron chi connectivity index (χ3n) is 8.46. The van der Waals surface area contributed by atoms with E-state index >= 15 is 0 Å². The Labute approximate surface area is 304 Å². The standard InChI is InChI=1S/C36H33Cl3F3N3O4S/c37-29-17-15-25(19-31(29)39)22-44(33(20-24-9-3-1-4-10-24)35(47)43-27-11-7-8-12-27)34(46)23-45(50(48,49)28-13-5-2-6-14-28)32-21-26(36(40,41)42)16-18-30(32)38/h1-6,9-10,13-19,21,27,33H,7-8,11-12,20,22-23H2,(H,43,47). The van der Waals surface area contributed by atoms with Gasteiger partial charge in [-0.05, 0) is 66.4 Å². The molecule has 1 fully saturated rings. The largest absolute Gasteiger partial charge is 0.416 e. The zero-order valence-electron chi connectivity index (χ0n) is 26.5. The second-order valence-electron chi connectivity index (χ2n) is 12.0. The van der Waals surface area contributed by atoms with E-state index in [0.29, 0.717) is 15.9 Å². The van der Waals surface area contributed by atoms with Crippen LogP contribution in [-0.4, -0.2) is 43.8 Å². The van der Waals surface area contributed by atoms with Crippen molar-refractivity contribution in [2.24, 2.45) is 0 Å². The smallest absolute Gasteiger partial charge is 0.352 e. The molecule has 1 unspecified atom stereocenters. The average molecular weight is 767 g/mol. The Kier molecular flexibility index (Phi) is 12.0. The molecule has 1 aliphatic rings. The number of benzene rings is 4. The lowest BCUT2D eigenvalue weighted by Gasteiger charge is -2.34. The van der Waals surface area contributed by atoms with E-state index in [4.69, 9.17) is 34.8 Å². The number of carbonyl (C=O) groups excluding carboxylic acids is 2. The second kappa shape index (κ2) is 16.1. The number of anilines is 1. The van der Waals surface area contributed by atoms with Crippen molar-refractivity contribution in [2.45, 2.75) is 61.8 Å². The Balaban J connectivity index is 1.63. The first kappa shape index (κ1) is 37.5. The maximum absolute atomic E-state index is 14.6. The van der Waals surface area contributed by atoms with Crippen LogP contribution in [-0.2, 0) is 38.8 Å². The predicted molar refractivity (Wildman–Crippen MR) is 189 cm³/mol. The zero-order valence-corrected chi connectivity index (χ0v) is 29.6. The van der Waals surface area contributed by atoms with E-state index in [1.807, 2.05) is 0 Å². The number of sulfonamides is 1. The first-order valence-corrected chi connectivity index (χ1v) is 18.3. The monoisotopic (exact) mass is 765 g/mol. The molecule has 1 saturated carbocycles. The number of amides is 2. The molecule has 0 saturated heterocycles. The van der Waals surface area contributed by atoms with Gasteiger partial charge in [0.25, 0.3) is 10.0 Å². The lowest BCUT2D eigenvalue weighted by molar-refractivity contribution is -0.140. The molecule has 4 aromatic carbocycles. The predicted octanol–water partition coefficient (Wildman–Crippen LogP) is 8.56. The van der Waals surface area contributed by atoms with Crippen molar-refractivity contribution in [2.75, 3.05) is 10.8 Å². The Morgan fingerprint density at radius 3 is 2.04 bits per heavy atom. The van der Waals surface area contributed by atoms with Crippen LogP contribution in [0.15, 0.2) is 102 Å². The number of rotatable bonds is 12. The molecule has 4 aromatic rings. The summed E-state index contributed by atoms with van der Waals surface area (Å²) in [5, 5.41) is 3.17. The summed E-state index contributed by atoms with van der Waals surface area (Å²) in [4.78, 5) is 29.7. The Bertz CT molecular complexity index is 1930. The van der Waals surface area contributed by atoms with Gasteiger partial charge < -0.3 is 10.2 Å². The second-order valence-corrected chi connectivity index (χ2v) is 15.0. The summed E-state index contributed by atoms with van der Waals surface area (Å²) < 4.78 is 70.6. The summed E-state index contributed by atoms with van der Waals surface area (Å²) in [6.07, 6.45) is -1.38. The van der Waals surface area contributed by atoms with Crippen molar-refractivity contribution in [1.29, 1.82) is 0 Å². The first-order valence-electron chi connectivity index (χ1n) is 15.8. The van der Waals surface area contributed by atoms with E-state index in [-0.39, 0.29) is 39.0 Å². The molecule has 2 amide bonds. The van der Waals surface area contributed by atoms with Gasteiger partial charge in [-0.25, -0.2) is 8.42 Å². The molecule has 7 nitrogen and oxygen atoms in total. The minimum absolute atomic E-state index is 0.0577. The van der Waals surface area contributed by atoms with Gasteiger partial charge in [-0.1, -0.05) is 102 Å². The molecule has 1 aliphatic carbocycles. The van der Waals surface area contributed by atoms with Crippen molar-refractivity contribution in [1.82, 2.24) is 10.2 Å². The maximum atomic E-state index is 14.6. The van der Waals surface area contributed by atoms with Gasteiger partial charge in [-0.15, -0.1) is 0 Å². The van der Waals surface area contributed by atoms with Crippen LogP contribution in [0.25, 0.3) is 0 Å². The Hall–Kier alpha value is -3.77. The van der Waals surface area contributed by atoms with Crippen molar-refractivity contribution >= 4 is 62.3 Å². The number of carbonyl (C=O) groups is 2. The number of halogens is 6. The van der Waals surface area contributed by atoms with Gasteiger partial charge in [0.2, 0.25) is 11.8 Å². The molecule has 0 spiro atoms. The van der Waals surface area contributed by atoms with Crippen molar-refractivity contribution in [3.8, 4) is 0 Å². The fraction of sp³-hybridized carbons (Fsp3) is 0.278. The van der Waals surface area contributed by atoms with Crippen LogP contribution in [0.5, 0.6) is 0 Å². The number of hydrogen-bond donors (Lipinski definition) is 1. The number of nitrogens with zero attached hydrogens (tertiary/aromatic N) is 2. The summed E-state index contributed by atoms with van der Waals surface area (Å²) in [7, 11) is -4.68. The third kappa shape index (κ3) is 9.11. The Morgan fingerprint density at radius 1 is 0.800 bits per heavy atom. The molecule has 5 rings (SSSR count). The third-order valence-corrected chi connectivity index (χ3v) is 11.3. The maximum Gasteiger partial charge on any atom is 0.416 e. The van der Waals surface area contributed by atoms with E-state index in [0.717, 1.165) is 43.4 Å². The quantitative estimate of drug-likeness (QED) is 0.157. The molecule has 0 heterocycles. The summed E-state index contributed by atoms with van der Waals surface area (Å²) in [5.74, 6) is -1.32. The van der Waals surface area contributed by atoms with E-state index in [1.165, 1.54) is 41.3 Å². The molecule has 50 heavy (non-hydrogen) atoms. The lowest BCUT2D eigenvalue weighted by Crippen LogP contribution is -2.54. The summed E-state index contributed by atoms with van der Waals surface area (Å²) in [6, 6.07) is 21.6. The van der Waals surface area contributed by atoms with E-state index < -0.39 is 51.9 Å². The summed E-state index contributed by atoms with van der Waals surface area (Å²) in [6.45, 7) is -1.19. The average Bonchev–Trinajstić information content (AvgIpc) is 3.60. The van der Waals surface area contributed by atoms with E-state index in [1.54, 1.807) is 42.5 Å². The van der Waals surface area contributed by atoms with Gasteiger partial charge >= 0.3 is 6.18 Å². The molecule has 0 aliphatic heterocycles. The normalized spacial score (nSPS) is 14.3. The van der Waals surface area contributed by atoms with Gasteiger partial charge in [-0.2, -0.15) is 13.2 Å². The fourth-order valence-corrected chi connectivity index (χ4v) is 7.91. The van der Waals surface area contributed by atoms with Crippen LogP contribution in [0.2, 0.25) is 15.1 Å². The number of hydrogen-bond acceptors (Lipinski definition) is 4. The highest BCUT2D eigenvalue weighted by molar-refractivity contribution is 7.92. The number of nitrogens with one attached hydrogen (secondary N) is 1. The molecule has 0 bridgehead atoms. The van der Waals surface area contributed by atoms with Crippen LogP contribution in [0.1, 0.15) is 42.4 Å². The highest BCUT2D eigenvalue weighted by Gasteiger charge is 2.38. The Morgan fingerprint density at radius 2 is 1.42 bits per heavy atom. The van der Waals surface area contributed by atoms with Crippen molar-refractivity contribution < 1.29 is 31.2 Å². The van der Waals surface area contributed by atoms with Crippen LogP contribution >= 0.6 is 34.8 Å². The number of alkyl halides is 3. The van der Waals surface area contributed by atoms with Crippen LogP contribution in [0.4, 0.5) is 18.9 Å². The molecule has 0 aromatic heterocycles. The SMILES string of the molecule is O=C(NC1CCCC1)C(Cc1ccccc1)N(Cc1ccc(Cl)c(Cl)c1)C(=O)CN(c1cc(C(F)(F)F)ccc1Cl)S(=O)(=O)c1ccccc1. The minimum atomic E-state index is -4.84. The summed E-state index contributed by atoms with van der Waals surface area (Å²) in [5.41, 5.74) is -0.513. The minimum Gasteiger partial charge on any atom is -0.352 e. The molecular formula is C36H33Cl3F3N3O4S. The van der Waals surface area contributed by atoms with Gasteiger partial charge in [-0.3, -0.25) is 13.9 Å². The molecule has 1 atom stereocenters. The summed E-state index contributed by atoms with van der Waals surface area (Å²) >= 11 is 18.9. The van der Waals surface area contributed by atoms with Crippen LogP contribution in [0, 0.1) is 0 Å². The van der Waals surface area contributed by atoms with E-state index in [9.17, 15) is 31.2 Å².